The van der Waals surface area contributed by atoms with Crippen LogP contribution in [0.2, 0.25) is 0 Å². The molecule has 1 atom stereocenters. The van der Waals surface area contributed by atoms with E-state index in [4.69, 9.17) is 14.2 Å². The molecule has 6 heteroatoms. The second kappa shape index (κ2) is 68.6. The molecule has 1 unspecified atom stereocenters. The highest BCUT2D eigenvalue weighted by atomic mass is 16.6. The van der Waals surface area contributed by atoms with E-state index in [1.54, 1.807) is 0 Å². The Balaban J connectivity index is 4.28. The topological polar surface area (TPSA) is 78.9 Å². The fourth-order valence-corrected chi connectivity index (χ4v) is 9.66. The first-order chi connectivity index (χ1) is 40.0. The third-order valence-corrected chi connectivity index (χ3v) is 14.7. The molecule has 0 bridgehead atoms. The first kappa shape index (κ1) is 77.1. The molecule has 0 saturated carbocycles. The summed E-state index contributed by atoms with van der Waals surface area (Å²) >= 11 is 0. The zero-order valence-electron chi connectivity index (χ0n) is 53.3. The van der Waals surface area contributed by atoms with Gasteiger partial charge in [-0.15, -0.1) is 0 Å². The number of esters is 3. The number of allylic oxidation sites excluding steroid dienone is 18. The van der Waals surface area contributed by atoms with Gasteiger partial charge in [-0.2, -0.15) is 0 Å². The van der Waals surface area contributed by atoms with Gasteiger partial charge in [0.15, 0.2) is 6.10 Å². The molecule has 0 heterocycles. The number of rotatable bonds is 62. The fraction of sp³-hybridized carbons (Fsp3) is 0.720. The lowest BCUT2D eigenvalue weighted by atomic mass is 10.0. The molecule has 81 heavy (non-hydrogen) atoms. The molecule has 0 aliphatic rings. The van der Waals surface area contributed by atoms with Crippen LogP contribution in [0.5, 0.6) is 0 Å². The van der Waals surface area contributed by atoms with Crippen LogP contribution in [0.4, 0.5) is 0 Å². The number of unbranched alkanes of at least 4 members (excludes halogenated alkanes) is 33. The maximum Gasteiger partial charge on any atom is 0.306 e. The van der Waals surface area contributed by atoms with Crippen molar-refractivity contribution in [2.75, 3.05) is 13.2 Å². The van der Waals surface area contributed by atoms with E-state index in [1.165, 1.54) is 173 Å². The molecule has 0 aliphatic heterocycles. The normalized spacial score (nSPS) is 12.8. The van der Waals surface area contributed by atoms with Crippen LogP contribution in [0, 0.1) is 0 Å². The molecule has 0 aromatic carbocycles. The second-order valence-corrected chi connectivity index (χ2v) is 22.7. The first-order valence-electron chi connectivity index (χ1n) is 34.4. The Morgan fingerprint density at radius 1 is 0.259 bits per heavy atom. The minimum absolute atomic E-state index is 0.0878. The Labute approximate surface area is 501 Å². The molecular formula is C75H128O6. The molecule has 0 N–H and O–H groups in total. The summed E-state index contributed by atoms with van der Waals surface area (Å²) in [5.74, 6) is -0.910. The van der Waals surface area contributed by atoms with Crippen molar-refractivity contribution in [3.63, 3.8) is 0 Å². The van der Waals surface area contributed by atoms with Gasteiger partial charge in [0.1, 0.15) is 13.2 Å². The zero-order chi connectivity index (χ0) is 58.5. The van der Waals surface area contributed by atoms with Gasteiger partial charge in [0.2, 0.25) is 0 Å². The monoisotopic (exact) mass is 1120 g/mol. The van der Waals surface area contributed by atoms with Crippen LogP contribution in [0.1, 0.15) is 329 Å². The molecule has 464 valence electrons. The summed E-state index contributed by atoms with van der Waals surface area (Å²) in [5.41, 5.74) is 0. The molecule has 0 aromatic heterocycles. The van der Waals surface area contributed by atoms with Gasteiger partial charge in [-0.25, -0.2) is 0 Å². The molecule has 0 rings (SSSR count). The Morgan fingerprint density at radius 2 is 0.481 bits per heavy atom. The van der Waals surface area contributed by atoms with E-state index in [-0.39, 0.29) is 31.1 Å². The van der Waals surface area contributed by atoms with Crippen LogP contribution in [-0.2, 0) is 28.6 Å². The molecule has 0 aliphatic carbocycles. The van der Waals surface area contributed by atoms with E-state index in [2.05, 4.69) is 130 Å². The number of carbonyl (C=O) groups is 3. The smallest absolute Gasteiger partial charge is 0.306 e. The lowest BCUT2D eigenvalue weighted by Crippen LogP contribution is -2.30. The summed E-state index contributed by atoms with van der Waals surface area (Å²) in [6, 6.07) is 0. The third kappa shape index (κ3) is 66.8. The van der Waals surface area contributed by atoms with Gasteiger partial charge in [-0.1, -0.05) is 297 Å². The van der Waals surface area contributed by atoms with E-state index >= 15 is 0 Å². The zero-order valence-corrected chi connectivity index (χ0v) is 53.3. The molecule has 0 saturated heterocycles. The van der Waals surface area contributed by atoms with Gasteiger partial charge < -0.3 is 14.2 Å². The Bertz CT molecular complexity index is 1620. The quantitative estimate of drug-likeness (QED) is 0.0261. The number of hydrogen-bond acceptors (Lipinski definition) is 6. The molecule has 0 amide bonds. The van der Waals surface area contributed by atoms with Gasteiger partial charge in [0.05, 0.1) is 0 Å². The Hall–Kier alpha value is -3.93. The summed E-state index contributed by atoms with van der Waals surface area (Å²) in [6.07, 6.45) is 94.0. The summed E-state index contributed by atoms with van der Waals surface area (Å²) in [6.45, 7) is 6.42. The largest absolute Gasteiger partial charge is 0.462 e. The van der Waals surface area contributed by atoms with Crippen LogP contribution >= 0.6 is 0 Å². The highest BCUT2D eigenvalue weighted by Gasteiger charge is 2.19. The second-order valence-electron chi connectivity index (χ2n) is 22.7. The third-order valence-electron chi connectivity index (χ3n) is 14.7. The average Bonchev–Trinajstić information content (AvgIpc) is 3.46. The van der Waals surface area contributed by atoms with Crippen LogP contribution < -0.4 is 0 Å². The van der Waals surface area contributed by atoms with Gasteiger partial charge in [-0.3, -0.25) is 14.4 Å². The van der Waals surface area contributed by atoms with Crippen LogP contribution in [0.15, 0.2) is 109 Å². The van der Waals surface area contributed by atoms with Crippen LogP contribution in [0.25, 0.3) is 0 Å². The van der Waals surface area contributed by atoms with E-state index < -0.39 is 6.10 Å². The lowest BCUT2D eigenvalue weighted by molar-refractivity contribution is -0.167. The molecule has 0 aromatic rings. The molecule has 0 fully saturated rings. The van der Waals surface area contributed by atoms with Crippen molar-refractivity contribution in [3.05, 3.63) is 109 Å². The minimum atomic E-state index is -0.794. The Morgan fingerprint density at radius 3 is 0.778 bits per heavy atom. The number of hydrogen-bond donors (Lipinski definition) is 0. The van der Waals surface area contributed by atoms with Gasteiger partial charge in [0, 0.05) is 19.3 Å². The predicted molar refractivity (Wildman–Crippen MR) is 353 cm³/mol. The first-order valence-corrected chi connectivity index (χ1v) is 34.4. The Kier molecular flexibility index (Phi) is 65.2. The van der Waals surface area contributed by atoms with E-state index in [0.717, 1.165) is 116 Å². The number of carbonyl (C=O) groups excluding carboxylic acids is 3. The average molecular weight is 1130 g/mol. The SMILES string of the molecule is CC/C=C\C/C=C\C/C=C\C/C=C\C/C=C\CCCCCCCCCCCCCCCC(=O)OCC(COC(=O)CCCCC/C=C\C/C=C\C/C=C\CC)OC(=O)CCCCCCCCCCC/C=C\CCCCCCCCCC. The molecule has 0 spiro atoms. The van der Waals surface area contributed by atoms with Crippen molar-refractivity contribution in [2.45, 2.75) is 335 Å². The van der Waals surface area contributed by atoms with Crippen LogP contribution in [-0.4, -0.2) is 37.2 Å². The van der Waals surface area contributed by atoms with E-state index in [9.17, 15) is 14.4 Å². The molecule has 0 radical (unpaired) electrons. The maximum absolute atomic E-state index is 12.9. The molecule has 6 nitrogen and oxygen atoms in total. The minimum Gasteiger partial charge on any atom is -0.462 e. The lowest BCUT2D eigenvalue weighted by Gasteiger charge is -2.18. The summed E-state index contributed by atoms with van der Waals surface area (Å²) in [7, 11) is 0. The summed E-state index contributed by atoms with van der Waals surface area (Å²) in [4.78, 5) is 38.4. The van der Waals surface area contributed by atoms with Crippen molar-refractivity contribution >= 4 is 17.9 Å². The van der Waals surface area contributed by atoms with Gasteiger partial charge in [0.25, 0.3) is 0 Å². The van der Waals surface area contributed by atoms with Crippen molar-refractivity contribution in [2.24, 2.45) is 0 Å². The van der Waals surface area contributed by atoms with E-state index in [1.807, 2.05) is 0 Å². The van der Waals surface area contributed by atoms with Crippen molar-refractivity contribution in [1.29, 1.82) is 0 Å². The van der Waals surface area contributed by atoms with Crippen molar-refractivity contribution < 1.29 is 28.6 Å². The highest BCUT2D eigenvalue weighted by Crippen LogP contribution is 2.17. The van der Waals surface area contributed by atoms with E-state index in [0.29, 0.717) is 19.3 Å². The summed E-state index contributed by atoms with van der Waals surface area (Å²) < 4.78 is 16.9. The number of ether oxygens (including phenoxy) is 3. The predicted octanol–water partition coefficient (Wildman–Crippen LogP) is 23.8. The molecular weight excluding hydrogens is 997 g/mol. The van der Waals surface area contributed by atoms with Gasteiger partial charge in [-0.05, 0) is 122 Å². The van der Waals surface area contributed by atoms with Crippen molar-refractivity contribution in [1.82, 2.24) is 0 Å². The van der Waals surface area contributed by atoms with Crippen LogP contribution in [0.3, 0.4) is 0 Å². The fourth-order valence-electron chi connectivity index (χ4n) is 9.66. The maximum atomic E-state index is 12.9. The van der Waals surface area contributed by atoms with Gasteiger partial charge >= 0.3 is 17.9 Å². The van der Waals surface area contributed by atoms with Crippen molar-refractivity contribution in [3.8, 4) is 0 Å². The highest BCUT2D eigenvalue weighted by molar-refractivity contribution is 5.71. The summed E-state index contributed by atoms with van der Waals surface area (Å²) in [5, 5.41) is 0. The standard InChI is InChI=1S/C75H128O6/c1-4-7-10-13-16-19-22-25-27-29-31-33-34-35-36-37-38-39-40-42-43-45-47-50-53-56-59-62-65-68-74(77)80-71-72(70-79-73(76)67-64-61-58-55-52-49-24-21-18-15-12-9-6-3)81-75(78)69-66-63-60-57-54-51-48-46-44-41-32-30-28-26-23-20-17-14-11-8-5-2/h7,9-10,12,16,18-19,21,25,27,30-33,35-36,49,52,72H,4-6,8,11,13-15,17,20,22-24,26,28-29,34,37-48,50-51,53-71H2,1-3H3/b10-7-,12-9-,19-16-,21-18-,27-25-,32-30-,33-31-,36-35-,52-49-.